The highest BCUT2D eigenvalue weighted by Crippen LogP contribution is 2.25. The molecule has 5 rings (SSSR count). The second-order valence-electron chi connectivity index (χ2n) is 9.32. The number of methoxy groups -OCH3 is 1. The Bertz CT molecular complexity index is 1590. The van der Waals surface area contributed by atoms with E-state index in [-0.39, 0.29) is 24.1 Å². The highest BCUT2D eigenvalue weighted by Gasteiger charge is 2.19. The number of aromatic nitrogens is 3. The Morgan fingerprint density at radius 2 is 1.70 bits per heavy atom. The first kappa shape index (κ1) is 24.3. The van der Waals surface area contributed by atoms with Gasteiger partial charge >= 0.3 is 0 Å². The molecule has 188 valence electrons. The number of para-hydroxylation sites is 1. The van der Waals surface area contributed by atoms with Crippen LogP contribution in [0.1, 0.15) is 24.5 Å². The van der Waals surface area contributed by atoms with E-state index in [0.717, 1.165) is 35.1 Å². The fourth-order valence-electron chi connectivity index (χ4n) is 4.72. The SMILES string of the molecule is COc1ccc(Cn2cnc3c4ccccc4n(CC(=O)N[C@H](C)CCc4ccccc4)c3c2=O)cc1. The maximum absolute atomic E-state index is 13.7. The summed E-state index contributed by atoms with van der Waals surface area (Å²) in [5.41, 5.74) is 3.88. The number of hydrogen-bond donors (Lipinski definition) is 1. The molecule has 7 heteroatoms. The van der Waals surface area contributed by atoms with Crippen LogP contribution in [0.2, 0.25) is 0 Å². The van der Waals surface area contributed by atoms with Crippen LogP contribution in [0.4, 0.5) is 0 Å². The van der Waals surface area contributed by atoms with E-state index in [9.17, 15) is 9.59 Å². The van der Waals surface area contributed by atoms with Crippen LogP contribution in [0.25, 0.3) is 21.9 Å². The number of carbonyl (C=O) groups is 1. The van der Waals surface area contributed by atoms with E-state index in [0.29, 0.717) is 17.6 Å². The Balaban J connectivity index is 1.41. The van der Waals surface area contributed by atoms with Gasteiger partial charge in [-0.2, -0.15) is 0 Å². The Labute approximate surface area is 215 Å². The van der Waals surface area contributed by atoms with Crippen molar-refractivity contribution >= 4 is 27.8 Å². The van der Waals surface area contributed by atoms with E-state index in [1.54, 1.807) is 22.6 Å². The number of aryl methyl sites for hydroxylation is 1. The lowest BCUT2D eigenvalue weighted by atomic mass is 10.1. The predicted octanol–water partition coefficient (Wildman–Crippen LogP) is 4.55. The lowest BCUT2D eigenvalue weighted by Gasteiger charge is -2.15. The number of hydrogen-bond acceptors (Lipinski definition) is 4. The third-order valence-corrected chi connectivity index (χ3v) is 6.66. The number of amides is 1. The molecule has 0 aliphatic heterocycles. The van der Waals surface area contributed by atoms with Crippen LogP contribution >= 0.6 is 0 Å². The predicted molar refractivity (Wildman–Crippen MR) is 146 cm³/mol. The van der Waals surface area contributed by atoms with Crippen molar-refractivity contribution in [2.24, 2.45) is 0 Å². The first-order chi connectivity index (χ1) is 18.0. The summed E-state index contributed by atoms with van der Waals surface area (Å²) < 4.78 is 8.61. The molecule has 0 aliphatic carbocycles. The summed E-state index contributed by atoms with van der Waals surface area (Å²) in [6, 6.07) is 25.5. The first-order valence-corrected chi connectivity index (χ1v) is 12.5. The van der Waals surface area contributed by atoms with Crippen molar-refractivity contribution < 1.29 is 9.53 Å². The van der Waals surface area contributed by atoms with Gasteiger partial charge in [0.1, 0.15) is 23.3 Å². The second-order valence-corrected chi connectivity index (χ2v) is 9.32. The van der Waals surface area contributed by atoms with Crippen molar-refractivity contribution in [1.82, 2.24) is 19.4 Å². The summed E-state index contributed by atoms with van der Waals surface area (Å²) >= 11 is 0. The van der Waals surface area contributed by atoms with Gasteiger partial charge in [0.05, 0.1) is 25.5 Å². The molecule has 0 aliphatic rings. The molecule has 5 aromatic rings. The summed E-state index contributed by atoms with van der Waals surface area (Å²) in [5.74, 6) is 0.627. The molecule has 0 fully saturated rings. The fraction of sp³-hybridized carbons (Fsp3) is 0.233. The van der Waals surface area contributed by atoms with E-state index in [2.05, 4.69) is 22.4 Å². The minimum Gasteiger partial charge on any atom is -0.497 e. The molecule has 2 heterocycles. The summed E-state index contributed by atoms with van der Waals surface area (Å²) in [6.45, 7) is 2.43. The van der Waals surface area contributed by atoms with Gasteiger partial charge in [-0.25, -0.2) is 4.98 Å². The van der Waals surface area contributed by atoms with Crippen molar-refractivity contribution in [2.45, 2.75) is 38.9 Å². The Morgan fingerprint density at radius 3 is 2.46 bits per heavy atom. The summed E-state index contributed by atoms with van der Waals surface area (Å²) in [4.78, 5) is 31.4. The third kappa shape index (κ3) is 5.26. The molecule has 0 saturated heterocycles. The number of carbonyl (C=O) groups excluding carboxylic acids is 1. The van der Waals surface area contributed by atoms with Crippen LogP contribution in [-0.2, 0) is 24.3 Å². The molecule has 3 aromatic carbocycles. The quantitative estimate of drug-likeness (QED) is 0.326. The Hall–Kier alpha value is -4.39. The van der Waals surface area contributed by atoms with Crippen molar-refractivity contribution in [3.05, 3.63) is 107 Å². The second kappa shape index (κ2) is 10.7. The zero-order valence-electron chi connectivity index (χ0n) is 21.1. The number of benzene rings is 3. The smallest absolute Gasteiger partial charge is 0.278 e. The highest BCUT2D eigenvalue weighted by atomic mass is 16.5. The zero-order valence-corrected chi connectivity index (χ0v) is 21.1. The van der Waals surface area contributed by atoms with Gasteiger partial charge in [-0.15, -0.1) is 0 Å². The van der Waals surface area contributed by atoms with Crippen LogP contribution in [0, 0.1) is 0 Å². The highest BCUT2D eigenvalue weighted by molar-refractivity contribution is 6.06. The Morgan fingerprint density at radius 1 is 0.973 bits per heavy atom. The topological polar surface area (TPSA) is 78.2 Å². The normalized spacial score (nSPS) is 12.1. The van der Waals surface area contributed by atoms with Gasteiger partial charge in [0.15, 0.2) is 0 Å². The molecular formula is C30H30N4O3. The summed E-state index contributed by atoms with van der Waals surface area (Å²) in [7, 11) is 1.62. The average Bonchev–Trinajstić information content (AvgIpc) is 3.24. The maximum atomic E-state index is 13.7. The maximum Gasteiger partial charge on any atom is 0.278 e. The average molecular weight is 495 g/mol. The van der Waals surface area contributed by atoms with Gasteiger partial charge in [0, 0.05) is 11.4 Å². The van der Waals surface area contributed by atoms with Crippen LogP contribution < -0.4 is 15.6 Å². The molecule has 1 amide bonds. The van der Waals surface area contributed by atoms with Crippen LogP contribution in [-0.4, -0.2) is 33.2 Å². The van der Waals surface area contributed by atoms with Crippen LogP contribution in [0.3, 0.4) is 0 Å². The first-order valence-electron chi connectivity index (χ1n) is 12.5. The third-order valence-electron chi connectivity index (χ3n) is 6.66. The fourth-order valence-corrected chi connectivity index (χ4v) is 4.72. The summed E-state index contributed by atoms with van der Waals surface area (Å²) in [5, 5.41) is 3.96. The largest absolute Gasteiger partial charge is 0.497 e. The standard InChI is InChI=1S/C30H30N4O3/c1-21(12-13-22-8-4-3-5-9-22)32-27(35)19-34-26-11-7-6-10-25(26)28-29(34)30(36)33(20-31-28)18-23-14-16-24(37-2)17-15-23/h3-11,14-17,20-21H,12-13,18-19H2,1-2H3,(H,32,35)/t21-/m1/s1. The van der Waals surface area contributed by atoms with Gasteiger partial charge in [-0.05, 0) is 49.1 Å². The molecule has 0 saturated carbocycles. The van der Waals surface area contributed by atoms with E-state index >= 15 is 0 Å². The summed E-state index contributed by atoms with van der Waals surface area (Å²) in [6.07, 6.45) is 3.30. The number of rotatable bonds is 9. The molecule has 1 atom stereocenters. The van der Waals surface area contributed by atoms with E-state index in [1.807, 2.05) is 73.7 Å². The zero-order chi connectivity index (χ0) is 25.8. The van der Waals surface area contributed by atoms with Crippen molar-refractivity contribution in [3.63, 3.8) is 0 Å². The number of nitrogens with zero attached hydrogens (tertiary/aromatic N) is 3. The monoisotopic (exact) mass is 494 g/mol. The van der Waals surface area contributed by atoms with Gasteiger partial charge in [0.25, 0.3) is 5.56 Å². The Kier molecular flexibility index (Phi) is 7.03. The molecule has 0 radical (unpaired) electrons. The molecule has 1 N–H and O–H groups in total. The van der Waals surface area contributed by atoms with E-state index in [1.165, 1.54) is 5.56 Å². The van der Waals surface area contributed by atoms with Gasteiger partial charge in [-0.1, -0.05) is 60.7 Å². The lowest BCUT2D eigenvalue weighted by molar-refractivity contribution is -0.122. The minimum atomic E-state index is -0.179. The molecule has 0 bridgehead atoms. The molecular weight excluding hydrogens is 464 g/mol. The molecule has 2 aromatic heterocycles. The van der Waals surface area contributed by atoms with Crippen molar-refractivity contribution in [3.8, 4) is 5.75 Å². The van der Waals surface area contributed by atoms with Crippen LogP contribution in [0.15, 0.2) is 90.0 Å². The van der Waals surface area contributed by atoms with E-state index in [4.69, 9.17) is 4.74 Å². The minimum absolute atomic E-state index is 0.00523. The number of nitrogens with one attached hydrogen (secondary N) is 1. The van der Waals surface area contributed by atoms with Crippen molar-refractivity contribution in [1.29, 1.82) is 0 Å². The lowest BCUT2D eigenvalue weighted by Crippen LogP contribution is -2.36. The number of fused-ring (bicyclic) bond motifs is 3. The van der Waals surface area contributed by atoms with Gasteiger partial charge in [-0.3, -0.25) is 14.2 Å². The molecule has 0 spiro atoms. The van der Waals surface area contributed by atoms with E-state index < -0.39 is 0 Å². The molecule has 0 unspecified atom stereocenters. The van der Waals surface area contributed by atoms with Gasteiger partial charge < -0.3 is 14.6 Å². The van der Waals surface area contributed by atoms with Crippen LogP contribution in [0.5, 0.6) is 5.75 Å². The molecule has 7 nitrogen and oxygen atoms in total. The molecule has 37 heavy (non-hydrogen) atoms. The number of ether oxygens (including phenoxy) is 1. The van der Waals surface area contributed by atoms with Crippen molar-refractivity contribution in [2.75, 3.05) is 7.11 Å². The van der Waals surface area contributed by atoms with Gasteiger partial charge in [0.2, 0.25) is 5.91 Å².